The van der Waals surface area contributed by atoms with Crippen LogP contribution in [0.2, 0.25) is 0 Å². The summed E-state index contributed by atoms with van der Waals surface area (Å²) in [5.41, 5.74) is 3.12. The fourth-order valence-corrected chi connectivity index (χ4v) is 2.56. The van der Waals surface area contributed by atoms with Crippen LogP contribution in [0.3, 0.4) is 0 Å². The van der Waals surface area contributed by atoms with Crippen LogP contribution in [-0.4, -0.2) is 28.0 Å². The van der Waals surface area contributed by atoms with Crippen LogP contribution in [0.4, 0.5) is 5.69 Å². The summed E-state index contributed by atoms with van der Waals surface area (Å²) in [5, 5.41) is 11.5. The lowest BCUT2D eigenvalue weighted by molar-refractivity contribution is 0.342. The van der Waals surface area contributed by atoms with Crippen LogP contribution in [-0.2, 0) is 6.54 Å². The first-order chi connectivity index (χ1) is 11.1. The maximum Gasteiger partial charge on any atom is 0.170 e. The van der Waals surface area contributed by atoms with Gasteiger partial charge in [-0.25, -0.2) is 0 Å². The van der Waals surface area contributed by atoms with E-state index in [1.54, 1.807) is 0 Å². The Bertz CT molecular complexity index is 654. The summed E-state index contributed by atoms with van der Waals surface area (Å²) in [6.07, 6.45) is 0.955. The number of thiocarbonyl (C=S) groups is 1. The summed E-state index contributed by atoms with van der Waals surface area (Å²) in [6.45, 7) is 8.35. The second-order valence-corrected chi connectivity index (χ2v) is 5.72. The number of rotatable bonds is 7. The molecule has 2 rings (SSSR count). The van der Waals surface area contributed by atoms with Crippen molar-refractivity contribution in [2.45, 2.75) is 33.7 Å². The standard InChI is InChI=1S/C17H24N4OS/c1-4-22-16-9-6-5-8-15(16)19-17(23)18-10-7-11-21-14(3)12-13(2)20-21/h5-6,8-9,12H,4,7,10-11H2,1-3H3,(H2,18,19,23). The molecule has 0 unspecified atom stereocenters. The topological polar surface area (TPSA) is 51.1 Å². The number of para-hydroxylation sites is 2. The lowest BCUT2D eigenvalue weighted by atomic mass is 10.3. The molecule has 1 heterocycles. The maximum absolute atomic E-state index is 5.58. The van der Waals surface area contributed by atoms with E-state index in [1.807, 2.05) is 42.8 Å². The van der Waals surface area contributed by atoms with Gasteiger partial charge in [0.05, 0.1) is 18.0 Å². The third-order valence-electron chi connectivity index (χ3n) is 3.37. The number of ether oxygens (including phenoxy) is 1. The molecule has 1 aromatic heterocycles. The molecule has 5 nitrogen and oxygen atoms in total. The van der Waals surface area contributed by atoms with Gasteiger partial charge in [-0.05, 0) is 57.6 Å². The van der Waals surface area contributed by atoms with Crippen molar-refractivity contribution < 1.29 is 4.74 Å². The van der Waals surface area contributed by atoms with E-state index in [9.17, 15) is 0 Å². The molecule has 0 aliphatic heterocycles. The molecule has 0 saturated heterocycles. The zero-order valence-corrected chi connectivity index (χ0v) is 14.7. The van der Waals surface area contributed by atoms with Gasteiger partial charge in [-0.3, -0.25) is 4.68 Å². The van der Waals surface area contributed by atoms with E-state index in [2.05, 4.69) is 28.7 Å². The maximum atomic E-state index is 5.58. The Kier molecular flexibility index (Phi) is 6.40. The highest BCUT2D eigenvalue weighted by atomic mass is 32.1. The fourth-order valence-electron chi connectivity index (χ4n) is 2.35. The number of aromatic nitrogens is 2. The molecule has 0 radical (unpaired) electrons. The molecule has 0 saturated carbocycles. The zero-order chi connectivity index (χ0) is 16.7. The highest BCUT2D eigenvalue weighted by Gasteiger charge is 2.04. The number of nitrogens with one attached hydrogen (secondary N) is 2. The number of hydrogen-bond acceptors (Lipinski definition) is 3. The third-order valence-corrected chi connectivity index (χ3v) is 3.62. The Morgan fingerprint density at radius 3 is 2.78 bits per heavy atom. The van der Waals surface area contributed by atoms with Crippen LogP contribution >= 0.6 is 12.2 Å². The van der Waals surface area contributed by atoms with E-state index < -0.39 is 0 Å². The molecule has 2 aromatic rings. The molecular weight excluding hydrogens is 308 g/mol. The minimum absolute atomic E-state index is 0.602. The van der Waals surface area contributed by atoms with E-state index in [0.717, 1.165) is 36.6 Å². The number of nitrogens with zero attached hydrogens (tertiary/aromatic N) is 2. The summed E-state index contributed by atoms with van der Waals surface area (Å²) in [4.78, 5) is 0. The second-order valence-electron chi connectivity index (χ2n) is 5.31. The van der Waals surface area contributed by atoms with Gasteiger partial charge in [0, 0.05) is 18.8 Å². The SMILES string of the molecule is CCOc1ccccc1NC(=S)NCCCn1nc(C)cc1C. The van der Waals surface area contributed by atoms with Crippen molar-refractivity contribution in [2.75, 3.05) is 18.5 Å². The highest BCUT2D eigenvalue weighted by molar-refractivity contribution is 7.80. The molecule has 0 amide bonds. The van der Waals surface area contributed by atoms with Crippen LogP contribution in [0.25, 0.3) is 0 Å². The van der Waals surface area contributed by atoms with E-state index in [0.29, 0.717) is 11.7 Å². The Balaban J connectivity index is 1.76. The molecule has 0 aliphatic carbocycles. The van der Waals surface area contributed by atoms with Crippen LogP contribution in [0, 0.1) is 13.8 Å². The highest BCUT2D eigenvalue weighted by Crippen LogP contribution is 2.23. The van der Waals surface area contributed by atoms with Crippen molar-refractivity contribution in [3.8, 4) is 5.75 Å². The van der Waals surface area contributed by atoms with Gasteiger partial charge >= 0.3 is 0 Å². The summed E-state index contributed by atoms with van der Waals surface area (Å²) >= 11 is 5.34. The smallest absolute Gasteiger partial charge is 0.170 e. The Morgan fingerprint density at radius 2 is 2.09 bits per heavy atom. The molecule has 124 valence electrons. The predicted octanol–water partition coefficient (Wildman–Crippen LogP) is 3.28. The van der Waals surface area contributed by atoms with Gasteiger partial charge in [0.25, 0.3) is 0 Å². The zero-order valence-electron chi connectivity index (χ0n) is 13.9. The molecular formula is C17H24N4OS. The second kappa shape index (κ2) is 8.53. The van der Waals surface area contributed by atoms with Crippen molar-refractivity contribution in [2.24, 2.45) is 0 Å². The molecule has 6 heteroatoms. The van der Waals surface area contributed by atoms with Crippen LogP contribution in [0.15, 0.2) is 30.3 Å². The Labute approximate surface area is 143 Å². The lowest BCUT2D eigenvalue weighted by Gasteiger charge is -2.14. The van der Waals surface area contributed by atoms with E-state index in [-0.39, 0.29) is 0 Å². The largest absolute Gasteiger partial charge is 0.492 e. The number of hydrogen-bond donors (Lipinski definition) is 2. The monoisotopic (exact) mass is 332 g/mol. The molecule has 0 aliphatic rings. The minimum atomic E-state index is 0.602. The number of anilines is 1. The first-order valence-corrected chi connectivity index (χ1v) is 8.28. The van der Waals surface area contributed by atoms with Gasteiger partial charge in [0.1, 0.15) is 5.75 Å². The summed E-state index contributed by atoms with van der Waals surface area (Å²) in [6, 6.07) is 9.87. The van der Waals surface area contributed by atoms with Gasteiger partial charge in [-0.2, -0.15) is 5.10 Å². The molecule has 0 bridgehead atoms. The number of benzene rings is 1. The van der Waals surface area contributed by atoms with Gasteiger partial charge in [0.2, 0.25) is 0 Å². The van der Waals surface area contributed by atoms with Crippen LogP contribution in [0.5, 0.6) is 5.75 Å². The summed E-state index contributed by atoms with van der Waals surface area (Å²) in [7, 11) is 0. The first kappa shape index (κ1) is 17.3. The quantitative estimate of drug-likeness (QED) is 0.602. The van der Waals surface area contributed by atoms with Crippen molar-refractivity contribution in [1.82, 2.24) is 15.1 Å². The van der Waals surface area contributed by atoms with Gasteiger partial charge in [-0.1, -0.05) is 12.1 Å². The van der Waals surface area contributed by atoms with Crippen molar-refractivity contribution >= 4 is 23.0 Å². The van der Waals surface area contributed by atoms with Crippen molar-refractivity contribution in [1.29, 1.82) is 0 Å². The van der Waals surface area contributed by atoms with E-state index in [4.69, 9.17) is 17.0 Å². The molecule has 0 atom stereocenters. The molecule has 2 N–H and O–H groups in total. The van der Waals surface area contributed by atoms with Gasteiger partial charge in [0.15, 0.2) is 5.11 Å². The minimum Gasteiger partial charge on any atom is -0.492 e. The molecule has 0 spiro atoms. The molecule has 1 aromatic carbocycles. The predicted molar refractivity (Wildman–Crippen MR) is 98.2 cm³/mol. The fraction of sp³-hybridized carbons (Fsp3) is 0.412. The molecule has 0 fully saturated rings. The van der Waals surface area contributed by atoms with Gasteiger partial charge < -0.3 is 15.4 Å². The molecule has 23 heavy (non-hydrogen) atoms. The van der Waals surface area contributed by atoms with Crippen molar-refractivity contribution in [3.63, 3.8) is 0 Å². The summed E-state index contributed by atoms with van der Waals surface area (Å²) < 4.78 is 7.60. The van der Waals surface area contributed by atoms with Crippen LogP contribution < -0.4 is 15.4 Å². The van der Waals surface area contributed by atoms with Gasteiger partial charge in [-0.15, -0.1) is 0 Å². The number of aryl methyl sites for hydroxylation is 3. The summed E-state index contributed by atoms with van der Waals surface area (Å²) in [5.74, 6) is 0.807. The average Bonchev–Trinajstić information content (AvgIpc) is 2.84. The Morgan fingerprint density at radius 1 is 1.30 bits per heavy atom. The van der Waals surface area contributed by atoms with E-state index in [1.165, 1.54) is 5.69 Å². The average molecular weight is 332 g/mol. The van der Waals surface area contributed by atoms with Crippen molar-refractivity contribution in [3.05, 3.63) is 41.7 Å². The first-order valence-electron chi connectivity index (χ1n) is 7.88. The van der Waals surface area contributed by atoms with E-state index >= 15 is 0 Å². The van der Waals surface area contributed by atoms with Crippen LogP contribution in [0.1, 0.15) is 24.7 Å². The lowest BCUT2D eigenvalue weighted by Crippen LogP contribution is -2.30. The Hall–Kier alpha value is -2.08. The third kappa shape index (κ3) is 5.25. The normalized spacial score (nSPS) is 10.4.